The lowest BCUT2D eigenvalue weighted by Gasteiger charge is -2.03. The Kier molecular flexibility index (Phi) is 3.22. The molecule has 0 amide bonds. The van der Waals surface area contributed by atoms with Crippen LogP contribution >= 0.6 is 0 Å². The van der Waals surface area contributed by atoms with Crippen molar-refractivity contribution >= 4 is 5.65 Å². The van der Waals surface area contributed by atoms with Crippen LogP contribution in [0, 0.1) is 12.8 Å². The van der Waals surface area contributed by atoms with Crippen molar-refractivity contribution in [3.8, 4) is 11.4 Å². The number of hydrogen-bond donors (Lipinski definition) is 1. The molecule has 6 heteroatoms. The van der Waals surface area contributed by atoms with E-state index in [1.165, 1.54) is 0 Å². The van der Waals surface area contributed by atoms with Gasteiger partial charge in [0.05, 0.1) is 11.8 Å². The van der Waals surface area contributed by atoms with Gasteiger partial charge in [-0.25, -0.2) is 14.5 Å². The zero-order valence-electron chi connectivity index (χ0n) is 12.0. The highest BCUT2D eigenvalue weighted by Crippen LogP contribution is 2.20. The SMILES string of the molecule is CCC(C)Cc1nc(-c2cnn3cc(C)cnc23)n[nH]1. The van der Waals surface area contributed by atoms with Gasteiger partial charge in [0.25, 0.3) is 0 Å². The smallest absolute Gasteiger partial charge is 0.186 e. The molecule has 3 heterocycles. The molecular weight excluding hydrogens is 252 g/mol. The molecule has 1 unspecified atom stereocenters. The Morgan fingerprint density at radius 2 is 2.20 bits per heavy atom. The van der Waals surface area contributed by atoms with Gasteiger partial charge in [0.15, 0.2) is 11.5 Å². The monoisotopic (exact) mass is 270 g/mol. The average Bonchev–Trinajstić information content (AvgIpc) is 3.04. The molecule has 0 aliphatic heterocycles. The van der Waals surface area contributed by atoms with Crippen LogP contribution in [0.2, 0.25) is 0 Å². The first-order valence-corrected chi connectivity index (χ1v) is 6.89. The lowest BCUT2D eigenvalue weighted by Crippen LogP contribution is -1.99. The van der Waals surface area contributed by atoms with Crippen molar-refractivity contribution in [2.75, 3.05) is 0 Å². The van der Waals surface area contributed by atoms with E-state index in [0.717, 1.165) is 35.4 Å². The number of hydrogen-bond acceptors (Lipinski definition) is 4. The Morgan fingerprint density at radius 1 is 1.35 bits per heavy atom. The number of aromatic amines is 1. The summed E-state index contributed by atoms with van der Waals surface area (Å²) in [5, 5.41) is 11.6. The van der Waals surface area contributed by atoms with E-state index in [2.05, 4.69) is 39.1 Å². The minimum atomic E-state index is 0.598. The fourth-order valence-corrected chi connectivity index (χ4v) is 2.11. The topological polar surface area (TPSA) is 71.8 Å². The predicted octanol–water partition coefficient (Wildman–Crippen LogP) is 2.41. The second kappa shape index (κ2) is 5.03. The molecule has 0 aliphatic rings. The summed E-state index contributed by atoms with van der Waals surface area (Å²) in [5.41, 5.74) is 2.71. The highest BCUT2D eigenvalue weighted by atomic mass is 15.3. The van der Waals surface area contributed by atoms with E-state index in [-0.39, 0.29) is 0 Å². The normalized spacial score (nSPS) is 12.9. The molecular formula is C14H18N6. The van der Waals surface area contributed by atoms with Crippen molar-refractivity contribution in [3.05, 3.63) is 30.0 Å². The van der Waals surface area contributed by atoms with Gasteiger partial charge < -0.3 is 0 Å². The summed E-state index contributed by atoms with van der Waals surface area (Å²) in [6.07, 6.45) is 7.58. The van der Waals surface area contributed by atoms with Gasteiger partial charge in [-0.05, 0) is 18.4 Å². The molecule has 0 aromatic carbocycles. The summed E-state index contributed by atoms with van der Waals surface area (Å²) in [5.74, 6) is 2.18. The van der Waals surface area contributed by atoms with Gasteiger partial charge in [-0.3, -0.25) is 5.10 Å². The first-order valence-electron chi connectivity index (χ1n) is 6.89. The van der Waals surface area contributed by atoms with E-state index in [9.17, 15) is 0 Å². The molecule has 3 aromatic heterocycles. The van der Waals surface area contributed by atoms with E-state index >= 15 is 0 Å². The Balaban J connectivity index is 1.95. The minimum absolute atomic E-state index is 0.598. The average molecular weight is 270 g/mol. The van der Waals surface area contributed by atoms with Gasteiger partial charge in [0.1, 0.15) is 5.82 Å². The number of nitrogens with one attached hydrogen (secondary N) is 1. The number of nitrogens with zero attached hydrogens (tertiary/aromatic N) is 5. The third-order valence-electron chi connectivity index (χ3n) is 3.50. The molecule has 104 valence electrons. The van der Waals surface area contributed by atoms with E-state index in [1.54, 1.807) is 10.7 Å². The molecule has 0 aliphatic carbocycles. The van der Waals surface area contributed by atoms with Crippen molar-refractivity contribution in [3.63, 3.8) is 0 Å². The summed E-state index contributed by atoms with van der Waals surface area (Å²) >= 11 is 0. The van der Waals surface area contributed by atoms with E-state index in [4.69, 9.17) is 0 Å². The number of aromatic nitrogens is 6. The third kappa shape index (κ3) is 2.29. The second-order valence-electron chi connectivity index (χ2n) is 5.28. The molecule has 0 bridgehead atoms. The zero-order valence-corrected chi connectivity index (χ0v) is 12.0. The van der Waals surface area contributed by atoms with Crippen LogP contribution in [-0.4, -0.2) is 29.8 Å². The molecule has 0 saturated carbocycles. The number of rotatable bonds is 4. The lowest BCUT2D eigenvalue weighted by atomic mass is 10.1. The maximum Gasteiger partial charge on any atom is 0.186 e. The van der Waals surface area contributed by atoms with E-state index in [0.29, 0.717) is 11.7 Å². The van der Waals surface area contributed by atoms with Crippen LogP contribution in [0.15, 0.2) is 18.6 Å². The maximum atomic E-state index is 4.55. The predicted molar refractivity (Wildman–Crippen MR) is 76.3 cm³/mol. The molecule has 20 heavy (non-hydrogen) atoms. The highest BCUT2D eigenvalue weighted by molar-refractivity contribution is 5.71. The summed E-state index contributed by atoms with van der Waals surface area (Å²) in [7, 11) is 0. The molecule has 0 fully saturated rings. The van der Waals surface area contributed by atoms with E-state index < -0.39 is 0 Å². The third-order valence-corrected chi connectivity index (χ3v) is 3.50. The summed E-state index contributed by atoms with van der Waals surface area (Å²) in [4.78, 5) is 8.96. The van der Waals surface area contributed by atoms with Gasteiger partial charge in [-0.15, -0.1) is 0 Å². The number of fused-ring (bicyclic) bond motifs is 1. The summed E-state index contributed by atoms with van der Waals surface area (Å²) in [6.45, 7) is 6.38. The van der Waals surface area contributed by atoms with Crippen LogP contribution in [0.25, 0.3) is 17.0 Å². The quantitative estimate of drug-likeness (QED) is 0.790. The van der Waals surface area contributed by atoms with Crippen molar-refractivity contribution in [2.45, 2.75) is 33.6 Å². The number of H-pyrrole nitrogens is 1. The molecule has 0 radical (unpaired) electrons. The van der Waals surface area contributed by atoms with E-state index in [1.807, 2.05) is 19.3 Å². The highest BCUT2D eigenvalue weighted by Gasteiger charge is 2.14. The van der Waals surface area contributed by atoms with Crippen molar-refractivity contribution < 1.29 is 0 Å². The van der Waals surface area contributed by atoms with Crippen molar-refractivity contribution in [2.24, 2.45) is 5.92 Å². The molecule has 3 aromatic rings. The Morgan fingerprint density at radius 3 is 3.00 bits per heavy atom. The van der Waals surface area contributed by atoms with Crippen molar-refractivity contribution in [1.82, 2.24) is 29.8 Å². The molecule has 1 N–H and O–H groups in total. The van der Waals surface area contributed by atoms with Gasteiger partial charge in [-0.1, -0.05) is 20.3 Å². The van der Waals surface area contributed by atoms with Crippen molar-refractivity contribution in [1.29, 1.82) is 0 Å². The minimum Gasteiger partial charge on any atom is -0.263 e. The molecule has 6 nitrogen and oxygen atoms in total. The molecule has 0 saturated heterocycles. The molecule has 3 rings (SSSR count). The van der Waals surface area contributed by atoms with Gasteiger partial charge in [-0.2, -0.15) is 10.2 Å². The van der Waals surface area contributed by atoms with Gasteiger partial charge in [0, 0.05) is 18.8 Å². The molecule has 0 spiro atoms. The van der Waals surface area contributed by atoms with Crippen LogP contribution in [0.4, 0.5) is 0 Å². The Hall–Kier alpha value is -2.24. The first-order chi connectivity index (χ1) is 9.67. The fourth-order valence-electron chi connectivity index (χ4n) is 2.11. The fraction of sp³-hybridized carbons (Fsp3) is 0.429. The molecule has 1 atom stereocenters. The van der Waals surface area contributed by atoms with Crippen LogP contribution in [-0.2, 0) is 6.42 Å². The largest absolute Gasteiger partial charge is 0.263 e. The zero-order chi connectivity index (χ0) is 14.1. The standard InChI is InChI=1S/C14H18N6/c1-4-9(2)5-12-17-13(19-18-12)11-7-16-20-8-10(3)6-15-14(11)20/h6-9H,4-5H2,1-3H3,(H,17,18,19). The second-order valence-corrected chi connectivity index (χ2v) is 5.28. The first kappa shape index (κ1) is 12.8. The van der Waals surface area contributed by atoms with Crippen LogP contribution < -0.4 is 0 Å². The van der Waals surface area contributed by atoms with Crippen LogP contribution in [0.5, 0.6) is 0 Å². The lowest BCUT2D eigenvalue weighted by molar-refractivity contribution is 0.544. The summed E-state index contributed by atoms with van der Waals surface area (Å²) < 4.78 is 1.76. The van der Waals surface area contributed by atoms with Gasteiger partial charge in [0.2, 0.25) is 0 Å². The Bertz CT molecular complexity index is 726. The van der Waals surface area contributed by atoms with Crippen LogP contribution in [0.3, 0.4) is 0 Å². The maximum absolute atomic E-state index is 4.55. The Labute approximate surface area is 117 Å². The van der Waals surface area contributed by atoms with Gasteiger partial charge >= 0.3 is 0 Å². The summed E-state index contributed by atoms with van der Waals surface area (Å²) in [6, 6.07) is 0. The van der Waals surface area contributed by atoms with Crippen LogP contribution in [0.1, 0.15) is 31.7 Å². The number of aryl methyl sites for hydroxylation is 1.